The second kappa shape index (κ2) is 10.0. The van der Waals surface area contributed by atoms with Crippen LogP contribution in [-0.4, -0.2) is 59.0 Å². The number of hydrogen-bond donors (Lipinski definition) is 0. The van der Waals surface area contributed by atoms with Crippen LogP contribution in [0.1, 0.15) is 37.4 Å². The monoisotopic (exact) mass is 532 g/mol. The summed E-state index contributed by atoms with van der Waals surface area (Å²) in [5.74, 6) is 1.15. The smallest absolute Gasteiger partial charge is 0.417 e. The molecule has 3 atom stereocenters. The van der Waals surface area contributed by atoms with E-state index in [2.05, 4.69) is 16.0 Å². The molecule has 1 fully saturated rings. The molecule has 0 aromatic carbocycles. The molecular formula is C27H28ClF3N4O2. The summed E-state index contributed by atoms with van der Waals surface area (Å²) in [5, 5.41) is -0.0333. The summed E-state index contributed by atoms with van der Waals surface area (Å²) in [6, 6.07) is 8.62. The number of amides is 1. The second-order valence-corrected chi connectivity index (χ2v) is 10.2. The van der Waals surface area contributed by atoms with E-state index in [1.807, 2.05) is 54.0 Å². The Labute approximate surface area is 218 Å². The van der Waals surface area contributed by atoms with E-state index in [4.69, 9.17) is 16.0 Å². The number of nitrogens with zero attached hydrogens (tertiary/aromatic N) is 4. The molecule has 196 valence electrons. The summed E-state index contributed by atoms with van der Waals surface area (Å²) in [6.45, 7) is 5.76. The Morgan fingerprint density at radius 3 is 2.62 bits per heavy atom. The zero-order chi connectivity index (χ0) is 26.3. The Bertz CT molecular complexity index is 1260. The van der Waals surface area contributed by atoms with Crippen molar-refractivity contribution in [3.63, 3.8) is 0 Å². The van der Waals surface area contributed by atoms with Crippen molar-refractivity contribution in [2.75, 3.05) is 31.1 Å². The van der Waals surface area contributed by atoms with Crippen LogP contribution in [0.5, 0.6) is 0 Å². The lowest BCUT2D eigenvalue weighted by molar-refractivity contribution is -0.138. The summed E-state index contributed by atoms with van der Waals surface area (Å²) in [6.07, 6.45) is 2.79. The highest BCUT2D eigenvalue weighted by Gasteiger charge is 2.37. The zero-order valence-corrected chi connectivity index (χ0v) is 21.3. The van der Waals surface area contributed by atoms with Gasteiger partial charge in [0.2, 0.25) is 5.91 Å². The van der Waals surface area contributed by atoms with Crippen molar-refractivity contribution in [1.29, 1.82) is 0 Å². The van der Waals surface area contributed by atoms with Crippen molar-refractivity contribution >= 4 is 23.3 Å². The largest absolute Gasteiger partial charge is 0.464 e. The van der Waals surface area contributed by atoms with E-state index < -0.39 is 11.7 Å². The van der Waals surface area contributed by atoms with Crippen molar-refractivity contribution in [2.24, 2.45) is 0 Å². The number of halogens is 4. The van der Waals surface area contributed by atoms with E-state index in [1.165, 1.54) is 0 Å². The number of hydrogen-bond acceptors (Lipinski definition) is 5. The highest BCUT2D eigenvalue weighted by atomic mass is 35.5. The van der Waals surface area contributed by atoms with Gasteiger partial charge in [0.25, 0.3) is 0 Å². The number of carbonyl (C=O) groups excluding carboxylic acids is 1. The van der Waals surface area contributed by atoms with Gasteiger partial charge >= 0.3 is 6.18 Å². The van der Waals surface area contributed by atoms with Crippen molar-refractivity contribution in [3.8, 4) is 11.3 Å². The number of carbonyl (C=O) groups is 1. The van der Waals surface area contributed by atoms with Crippen molar-refractivity contribution in [1.82, 2.24) is 14.8 Å². The number of pyridine rings is 1. The molecule has 0 bridgehead atoms. The Kier molecular flexibility index (Phi) is 6.93. The predicted molar refractivity (Wildman–Crippen MR) is 136 cm³/mol. The second-order valence-electron chi connectivity index (χ2n) is 9.76. The quantitative estimate of drug-likeness (QED) is 0.393. The molecule has 3 aliphatic heterocycles. The molecule has 1 aliphatic carbocycles. The van der Waals surface area contributed by atoms with Gasteiger partial charge in [-0.2, -0.15) is 13.2 Å². The Morgan fingerprint density at radius 1 is 1.16 bits per heavy atom. The summed E-state index contributed by atoms with van der Waals surface area (Å²) < 4.78 is 44.8. The molecule has 10 heteroatoms. The van der Waals surface area contributed by atoms with Gasteiger partial charge in [0, 0.05) is 49.0 Å². The molecule has 4 heterocycles. The SMILES string of the molecule is C[C@@H]1CN(c2ncc(C(F)(F)F)cc2Cl)C[C@H](C)N1CC(=O)N1CC=CCC1c1ccc2cccoc1-2. The van der Waals surface area contributed by atoms with Gasteiger partial charge in [-0.3, -0.25) is 9.69 Å². The fourth-order valence-electron chi connectivity index (χ4n) is 5.42. The molecule has 1 aromatic heterocycles. The summed E-state index contributed by atoms with van der Waals surface area (Å²) in [5.41, 5.74) is 1.14. The predicted octanol–water partition coefficient (Wildman–Crippen LogP) is 5.88. The molecule has 0 spiro atoms. The topological polar surface area (TPSA) is 52.8 Å². The molecule has 37 heavy (non-hydrogen) atoms. The number of fused-ring (bicyclic) bond motifs is 1. The Balaban J connectivity index is 1.29. The summed E-state index contributed by atoms with van der Waals surface area (Å²) >= 11 is 6.20. The molecule has 5 rings (SSSR count). The van der Waals surface area contributed by atoms with Gasteiger partial charge in [0.1, 0.15) is 11.6 Å². The van der Waals surface area contributed by atoms with Crippen LogP contribution >= 0.6 is 11.6 Å². The number of aromatic nitrogens is 1. The van der Waals surface area contributed by atoms with Crippen molar-refractivity contribution in [3.05, 3.63) is 71.1 Å². The fourth-order valence-corrected chi connectivity index (χ4v) is 5.71. The number of piperazine rings is 1. The van der Waals surface area contributed by atoms with Gasteiger partial charge in [-0.05, 0) is 38.5 Å². The zero-order valence-electron chi connectivity index (χ0n) is 20.6. The first-order valence-corrected chi connectivity index (χ1v) is 12.6. The van der Waals surface area contributed by atoms with E-state index in [1.54, 1.807) is 6.26 Å². The maximum absolute atomic E-state index is 13.6. The summed E-state index contributed by atoms with van der Waals surface area (Å²) in [4.78, 5) is 23.6. The Morgan fingerprint density at radius 2 is 1.92 bits per heavy atom. The first-order chi connectivity index (χ1) is 17.6. The highest BCUT2D eigenvalue weighted by Crippen LogP contribution is 2.38. The van der Waals surface area contributed by atoms with E-state index in [0.29, 0.717) is 31.9 Å². The first-order valence-electron chi connectivity index (χ1n) is 12.3. The molecule has 1 saturated heterocycles. The average molecular weight is 533 g/mol. The minimum Gasteiger partial charge on any atom is -0.464 e. The van der Waals surface area contributed by atoms with E-state index in [9.17, 15) is 18.0 Å². The number of alkyl halides is 3. The van der Waals surface area contributed by atoms with Crippen LogP contribution in [0.2, 0.25) is 5.02 Å². The molecule has 1 unspecified atom stereocenters. The highest BCUT2D eigenvalue weighted by molar-refractivity contribution is 6.33. The van der Waals surface area contributed by atoms with Crippen LogP contribution in [0.15, 0.2) is 59.4 Å². The third-order valence-electron chi connectivity index (χ3n) is 7.26. The molecular weight excluding hydrogens is 505 g/mol. The molecule has 4 aliphatic rings. The average Bonchev–Trinajstić information content (AvgIpc) is 3.29. The standard InChI is InChI=1S/C27H28ClF3N4O2/c1-17-14-33(26-22(28)12-20(13-32-26)27(29,30)31)15-18(2)35(17)16-24(36)34-10-4-3-7-23(34)21-9-8-19-6-5-11-37-25(19)21/h3-6,8-9,11-13,17-18,23H,7,10,14-16H2,1-2H3/t17-,18+,23?. The van der Waals surface area contributed by atoms with Crippen LogP contribution in [-0.2, 0) is 11.0 Å². The fraction of sp³-hybridized carbons (Fsp3) is 0.407. The maximum atomic E-state index is 13.6. The molecule has 1 aromatic rings. The van der Waals surface area contributed by atoms with Gasteiger partial charge in [-0.15, -0.1) is 0 Å². The van der Waals surface area contributed by atoms with E-state index in [0.717, 1.165) is 29.2 Å². The van der Waals surface area contributed by atoms with Crippen LogP contribution < -0.4 is 4.90 Å². The third-order valence-corrected chi connectivity index (χ3v) is 7.54. The van der Waals surface area contributed by atoms with E-state index >= 15 is 0 Å². The first kappa shape index (κ1) is 25.6. The van der Waals surface area contributed by atoms with Crippen molar-refractivity contribution in [2.45, 2.75) is 44.6 Å². The van der Waals surface area contributed by atoms with Gasteiger partial charge in [0.05, 0.1) is 29.4 Å². The van der Waals surface area contributed by atoms with Crippen LogP contribution in [0.3, 0.4) is 0 Å². The maximum Gasteiger partial charge on any atom is 0.417 e. The minimum atomic E-state index is -4.50. The lowest BCUT2D eigenvalue weighted by Gasteiger charge is -2.45. The Hall–Kier alpha value is -3.04. The third kappa shape index (κ3) is 5.07. The van der Waals surface area contributed by atoms with Crippen LogP contribution in [0.25, 0.3) is 11.3 Å². The molecule has 1 amide bonds. The van der Waals surface area contributed by atoms with Crippen molar-refractivity contribution < 1.29 is 22.4 Å². The lowest BCUT2D eigenvalue weighted by atomic mass is 9.99. The minimum absolute atomic E-state index is 0.0254. The molecule has 0 N–H and O–H groups in total. The molecule has 0 radical (unpaired) electrons. The van der Waals surface area contributed by atoms with Gasteiger partial charge < -0.3 is 14.2 Å². The van der Waals surface area contributed by atoms with E-state index in [-0.39, 0.29) is 35.6 Å². The molecule has 6 nitrogen and oxygen atoms in total. The van der Waals surface area contributed by atoms with Gasteiger partial charge in [0.15, 0.2) is 0 Å². The van der Waals surface area contributed by atoms with Crippen LogP contribution in [0.4, 0.5) is 19.0 Å². The lowest BCUT2D eigenvalue weighted by Crippen LogP contribution is -2.59. The van der Waals surface area contributed by atoms with Crippen LogP contribution in [0, 0.1) is 0 Å². The summed E-state index contributed by atoms with van der Waals surface area (Å²) in [7, 11) is 0. The van der Waals surface area contributed by atoms with Gasteiger partial charge in [-0.25, -0.2) is 4.98 Å². The van der Waals surface area contributed by atoms with Gasteiger partial charge in [-0.1, -0.05) is 35.9 Å². The number of anilines is 1. The number of rotatable bonds is 4. The molecule has 0 saturated carbocycles. The normalized spacial score (nSPS) is 23.1.